The second-order valence-electron chi connectivity index (χ2n) is 5.01. The van der Waals surface area contributed by atoms with Gasteiger partial charge in [0.15, 0.2) is 0 Å². The molecule has 106 valence electrons. The Morgan fingerprint density at radius 1 is 1.39 bits per heavy atom. The van der Waals surface area contributed by atoms with E-state index < -0.39 is 0 Å². The quantitative estimate of drug-likeness (QED) is 0.504. The average molecular weight is 256 g/mol. The van der Waals surface area contributed by atoms with Crippen LogP contribution in [0.2, 0.25) is 0 Å². The number of carbonyl (C=O) groups excluding carboxylic acids is 1. The van der Waals surface area contributed by atoms with Crippen molar-refractivity contribution in [3.8, 4) is 0 Å². The Kier molecular flexibility index (Phi) is 8.01. The lowest BCUT2D eigenvalue weighted by Crippen LogP contribution is -2.37. The first kappa shape index (κ1) is 15.4. The lowest BCUT2D eigenvalue weighted by molar-refractivity contribution is -0.143. The molecule has 0 radical (unpaired) electrons. The van der Waals surface area contributed by atoms with Crippen LogP contribution in [0.3, 0.4) is 0 Å². The van der Waals surface area contributed by atoms with Crippen LogP contribution in [0.25, 0.3) is 0 Å². The van der Waals surface area contributed by atoms with Crippen LogP contribution < -0.4 is 5.32 Å². The van der Waals surface area contributed by atoms with Gasteiger partial charge in [-0.3, -0.25) is 9.69 Å². The van der Waals surface area contributed by atoms with Crippen molar-refractivity contribution in [3.05, 3.63) is 0 Å². The molecule has 0 amide bonds. The molecule has 4 heteroatoms. The SMILES string of the molecule is CCOC(=O)CCCCCN1CCCC1CNC. The smallest absolute Gasteiger partial charge is 0.305 e. The molecule has 0 aromatic rings. The number of unbranched alkanes of at least 4 members (excludes halogenated alkanes) is 2. The molecule has 0 aromatic carbocycles. The van der Waals surface area contributed by atoms with Crippen molar-refractivity contribution in [2.45, 2.75) is 51.5 Å². The Bertz CT molecular complexity index is 234. The van der Waals surface area contributed by atoms with Crippen LogP contribution in [-0.2, 0) is 9.53 Å². The van der Waals surface area contributed by atoms with Crippen LogP contribution in [0, 0.1) is 0 Å². The van der Waals surface area contributed by atoms with Crippen molar-refractivity contribution < 1.29 is 9.53 Å². The Hall–Kier alpha value is -0.610. The first-order valence-electron chi connectivity index (χ1n) is 7.32. The van der Waals surface area contributed by atoms with E-state index in [-0.39, 0.29) is 5.97 Å². The predicted molar refractivity (Wildman–Crippen MR) is 73.6 cm³/mol. The summed E-state index contributed by atoms with van der Waals surface area (Å²) in [6, 6.07) is 0.722. The standard InChI is InChI=1S/C14H28N2O2/c1-3-18-14(17)9-5-4-6-10-16-11-7-8-13(16)12-15-2/h13,15H,3-12H2,1-2H3. The molecule has 0 spiro atoms. The van der Waals surface area contributed by atoms with Gasteiger partial charge in [-0.25, -0.2) is 0 Å². The second-order valence-corrected chi connectivity index (χ2v) is 5.01. The molecule has 1 unspecified atom stereocenters. The molecule has 1 aliphatic heterocycles. The van der Waals surface area contributed by atoms with Gasteiger partial charge in [0.25, 0.3) is 0 Å². The summed E-state index contributed by atoms with van der Waals surface area (Å²) in [5, 5.41) is 3.27. The molecule has 0 aliphatic carbocycles. The molecular weight excluding hydrogens is 228 g/mol. The van der Waals surface area contributed by atoms with E-state index in [4.69, 9.17) is 4.74 Å². The summed E-state index contributed by atoms with van der Waals surface area (Å²) in [4.78, 5) is 13.7. The maximum atomic E-state index is 11.2. The summed E-state index contributed by atoms with van der Waals surface area (Å²) in [7, 11) is 2.02. The molecule has 4 nitrogen and oxygen atoms in total. The second kappa shape index (κ2) is 9.34. The highest BCUT2D eigenvalue weighted by atomic mass is 16.5. The van der Waals surface area contributed by atoms with Gasteiger partial charge in [-0.15, -0.1) is 0 Å². The Labute approximate surface area is 111 Å². The van der Waals surface area contributed by atoms with Gasteiger partial charge in [0.2, 0.25) is 0 Å². The fourth-order valence-corrected chi connectivity index (χ4v) is 2.65. The number of nitrogens with zero attached hydrogens (tertiary/aromatic N) is 1. The predicted octanol–water partition coefficient (Wildman–Crippen LogP) is 1.79. The highest BCUT2D eigenvalue weighted by Gasteiger charge is 2.22. The maximum absolute atomic E-state index is 11.2. The fraction of sp³-hybridized carbons (Fsp3) is 0.929. The summed E-state index contributed by atoms with van der Waals surface area (Å²) in [5.74, 6) is -0.0493. The molecular formula is C14H28N2O2. The van der Waals surface area contributed by atoms with Crippen molar-refractivity contribution in [1.82, 2.24) is 10.2 Å². The van der Waals surface area contributed by atoms with E-state index in [9.17, 15) is 4.79 Å². The lowest BCUT2D eigenvalue weighted by atomic mass is 10.1. The summed E-state index contributed by atoms with van der Waals surface area (Å²) in [6.07, 6.45) is 6.51. The normalized spacial score (nSPS) is 20.2. The summed E-state index contributed by atoms with van der Waals surface area (Å²) >= 11 is 0. The van der Waals surface area contributed by atoms with Crippen molar-refractivity contribution in [2.75, 3.05) is 33.3 Å². The number of nitrogens with one attached hydrogen (secondary N) is 1. The number of ether oxygens (including phenoxy) is 1. The molecule has 1 rings (SSSR count). The van der Waals surface area contributed by atoms with Gasteiger partial charge in [-0.1, -0.05) is 6.42 Å². The number of esters is 1. The molecule has 1 saturated heterocycles. The zero-order chi connectivity index (χ0) is 13.2. The number of rotatable bonds is 9. The van der Waals surface area contributed by atoms with E-state index >= 15 is 0 Å². The number of hydrogen-bond donors (Lipinski definition) is 1. The molecule has 0 aromatic heterocycles. The van der Waals surface area contributed by atoms with Gasteiger partial charge in [-0.05, 0) is 52.7 Å². The number of hydrogen-bond acceptors (Lipinski definition) is 4. The molecule has 0 bridgehead atoms. The van der Waals surface area contributed by atoms with Gasteiger partial charge in [0.05, 0.1) is 6.61 Å². The van der Waals surface area contributed by atoms with Crippen molar-refractivity contribution in [1.29, 1.82) is 0 Å². The minimum Gasteiger partial charge on any atom is -0.466 e. The van der Waals surface area contributed by atoms with E-state index in [1.165, 1.54) is 32.4 Å². The van der Waals surface area contributed by atoms with Crippen molar-refractivity contribution in [2.24, 2.45) is 0 Å². The van der Waals surface area contributed by atoms with E-state index in [2.05, 4.69) is 10.2 Å². The van der Waals surface area contributed by atoms with Crippen LogP contribution in [-0.4, -0.2) is 50.2 Å². The Morgan fingerprint density at radius 3 is 2.94 bits per heavy atom. The molecule has 1 N–H and O–H groups in total. The third-order valence-electron chi connectivity index (χ3n) is 3.57. The van der Waals surface area contributed by atoms with E-state index in [0.717, 1.165) is 25.4 Å². The van der Waals surface area contributed by atoms with Crippen LogP contribution in [0.15, 0.2) is 0 Å². The highest BCUT2D eigenvalue weighted by molar-refractivity contribution is 5.69. The molecule has 1 aliphatic rings. The number of likely N-dealkylation sites (tertiary alicyclic amines) is 1. The Morgan fingerprint density at radius 2 is 2.22 bits per heavy atom. The first-order valence-corrected chi connectivity index (χ1v) is 7.32. The molecule has 1 atom stereocenters. The van der Waals surface area contributed by atoms with E-state index in [1.54, 1.807) is 0 Å². The number of carbonyl (C=O) groups is 1. The topological polar surface area (TPSA) is 41.6 Å². The molecule has 0 saturated carbocycles. The van der Waals surface area contributed by atoms with Gasteiger partial charge in [-0.2, -0.15) is 0 Å². The van der Waals surface area contributed by atoms with Gasteiger partial charge < -0.3 is 10.1 Å². The van der Waals surface area contributed by atoms with Crippen LogP contribution in [0.5, 0.6) is 0 Å². The monoisotopic (exact) mass is 256 g/mol. The van der Waals surface area contributed by atoms with Gasteiger partial charge in [0.1, 0.15) is 0 Å². The van der Waals surface area contributed by atoms with Gasteiger partial charge >= 0.3 is 5.97 Å². The lowest BCUT2D eigenvalue weighted by Gasteiger charge is -2.24. The third kappa shape index (κ3) is 5.83. The first-order chi connectivity index (χ1) is 8.77. The van der Waals surface area contributed by atoms with Crippen molar-refractivity contribution in [3.63, 3.8) is 0 Å². The van der Waals surface area contributed by atoms with Crippen LogP contribution in [0.1, 0.15) is 45.4 Å². The van der Waals surface area contributed by atoms with Crippen LogP contribution >= 0.6 is 0 Å². The minimum atomic E-state index is -0.0493. The average Bonchev–Trinajstić information content (AvgIpc) is 2.77. The highest BCUT2D eigenvalue weighted by Crippen LogP contribution is 2.17. The van der Waals surface area contributed by atoms with Gasteiger partial charge in [0, 0.05) is 19.0 Å². The third-order valence-corrected chi connectivity index (χ3v) is 3.57. The van der Waals surface area contributed by atoms with E-state index in [0.29, 0.717) is 13.0 Å². The fourth-order valence-electron chi connectivity index (χ4n) is 2.65. The molecule has 1 fully saturated rings. The largest absolute Gasteiger partial charge is 0.466 e. The number of likely N-dealkylation sites (N-methyl/N-ethyl adjacent to an activating group) is 1. The summed E-state index contributed by atoms with van der Waals surface area (Å²) < 4.78 is 4.91. The van der Waals surface area contributed by atoms with Crippen LogP contribution in [0.4, 0.5) is 0 Å². The molecule has 18 heavy (non-hydrogen) atoms. The minimum absolute atomic E-state index is 0.0493. The maximum Gasteiger partial charge on any atom is 0.305 e. The Balaban J connectivity index is 2.01. The summed E-state index contributed by atoms with van der Waals surface area (Å²) in [6.45, 7) is 5.87. The molecule has 1 heterocycles. The zero-order valence-electron chi connectivity index (χ0n) is 11.9. The van der Waals surface area contributed by atoms with Crippen molar-refractivity contribution >= 4 is 5.97 Å². The van der Waals surface area contributed by atoms with E-state index in [1.807, 2.05) is 14.0 Å². The zero-order valence-corrected chi connectivity index (χ0v) is 11.9. The summed E-state index contributed by atoms with van der Waals surface area (Å²) in [5.41, 5.74) is 0.